The lowest BCUT2D eigenvalue weighted by molar-refractivity contribution is 0.188. The summed E-state index contributed by atoms with van der Waals surface area (Å²) in [7, 11) is 0. The Balaban J connectivity index is 2.56. The zero-order valence-corrected chi connectivity index (χ0v) is 6.57. The van der Waals surface area contributed by atoms with Gasteiger partial charge < -0.3 is 10.8 Å². The van der Waals surface area contributed by atoms with E-state index >= 15 is 0 Å². The number of aromatic nitrogens is 2. The summed E-state index contributed by atoms with van der Waals surface area (Å²) >= 11 is 0. The van der Waals surface area contributed by atoms with E-state index in [4.69, 9.17) is 10.8 Å². The molecule has 11 heavy (non-hydrogen) atoms. The van der Waals surface area contributed by atoms with Crippen molar-refractivity contribution in [2.75, 3.05) is 6.61 Å². The van der Waals surface area contributed by atoms with Crippen LogP contribution in [0, 0.1) is 0 Å². The molecule has 1 aromatic heterocycles. The van der Waals surface area contributed by atoms with Crippen LogP contribution in [-0.2, 0) is 6.54 Å². The number of aliphatic hydroxyl groups is 1. The molecule has 1 aromatic rings. The van der Waals surface area contributed by atoms with E-state index in [9.17, 15) is 0 Å². The van der Waals surface area contributed by atoms with Crippen molar-refractivity contribution in [2.45, 2.75) is 19.0 Å². The van der Waals surface area contributed by atoms with Gasteiger partial charge in [-0.05, 0) is 13.0 Å². The summed E-state index contributed by atoms with van der Waals surface area (Å²) in [4.78, 5) is 0. The summed E-state index contributed by atoms with van der Waals surface area (Å²) in [6.07, 6.45) is 3.51. The number of nitrogens with zero attached hydrogens (tertiary/aromatic N) is 2. The highest BCUT2D eigenvalue weighted by Gasteiger charge is 2.17. The van der Waals surface area contributed by atoms with E-state index in [-0.39, 0.29) is 6.61 Å². The SMILES string of the molecule is CC(N)(CO)Cn1cccn1. The maximum Gasteiger partial charge on any atom is 0.0626 e. The highest BCUT2D eigenvalue weighted by Crippen LogP contribution is 2.00. The third-order valence-corrected chi connectivity index (χ3v) is 1.44. The van der Waals surface area contributed by atoms with Crippen LogP contribution in [0.5, 0.6) is 0 Å². The second kappa shape index (κ2) is 3.02. The molecule has 1 atom stereocenters. The van der Waals surface area contributed by atoms with Gasteiger partial charge in [-0.3, -0.25) is 4.68 Å². The van der Waals surface area contributed by atoms with Gasteiger partial charge >= 0.3 is 0 Å². The molecular weight excluding hydrogens is 142 g/mol. The first-order valence-electron chi connectivity index (χ1n) is 3.51. The molecule has 0 aliphatic heterocycles. The Kier molecular flexibility index (Phi) is 2.26. The molecule has 0 bridgehead atoms. The van der Waals surface area contributed by atoms with Crippen LogP contribution in [-0.4, -0.2) is 27.0 Å². The molecule has 0 spiro atoms. The Labute approximate surface area is 65.6 Å². The van der Waals surface area contributed by atoms with Crippen LogP contribution < -0.4 is 5.73 Å². The Hall–Kier alpha value is -0.870. The average molecular weight is 155 g/mol. The van der Waals surface area contributed by atoms with E-state index in [0.717, 1.165) is 0 Å². The summed E-state index contributed by atoms with van der Waals surface area (Å²) in [6, 6.07) is 1.83. The molecular formula is C7H13N3O. The quantitative estimate of drug-likeness (QED) is 0.624. The normalized spacial score (nSPS) is 16.3. The number of rotatable bonds is 3. The molecule has 0 aliphatic carbocycles. The first-order chi connectivity index (χ1) is 5.14. The summed E-state index contributed by atoms with van der Waals surface area (Å²) in [6.45, 7) is 2.29. The Morgan fingerprint density at radius 2 is 2.45 bits per heavy atom. The summed E-state index contributed by atoms with van der Waals surface area (Å²) < 4.78 is 1.70. The highest BCUT2D eigenvalue weighted by molar-refractivity contribution is 4.83. The lowest BCUT2D eigenvalue weighted by atomic mass is 10.1. The van der Waals surface area contributed by atoms with Crippen LogP contribution in [0.25, 0.3) is 0 Å². The zero-order chi connectivity index (χ0) is 8.32. The largest absolute Gasteiger partial charge is 0.394 e. The minimum atomic E-state index is -0.577. The topological polar surface area (TPSA) is 64.1 Å². The number of hydrogen-bond donors (Lipinski definition) is 2. The van der Waals surface area contributed by atoms with Crippen molar-refractivity contribution >= 4 is 0 Å². The fourth-order valence-corrected chi connectivity index (χ4v) is 0.814. The van der Waals surface area contributed by atoms with Crippen LogP contribution in [0.1, 0.15) is 6.92 Å². The van der Waals surface area contributed by atoms with Crippen LogP contribution in [0.4, 0.5) is 0 Å². The van der Waals surface area contributed by atoms with Gasteiger partial charge in [0.25, 0.3) is 0 Å². The van der Waals surface area contributed by atoms with Crippen molar-refractivity contribution in [1.82, 2.24) is 9.78 Å². The Bertz CT molecular complexity index is 205. The molecule has 1 rings (SSSR count). The van der Waals surface area contributed by atoms with E-state index in [1.54, 1.807) is 17.8 Å². The van der Waals surface area contributed by atoms with Crippen molar-refractivity contribution in [3.05, 3.63) is 18.5 Å². The molecule has 0 amide bonds. The number of nitrogens with two attached hydrogens (primary N) is 1. The summed E-state index contributed by atoms with van der Waals surface area (Å²) in [5.74, 6) is 0. The van der Waals surface area contributed by atoms with Crippen molar-refractivity contribution in [2.24, 2.45) is 5.73 Å². The Morgan fingerprint density at radius 1 is 1.73 bits per heavy atom. The molecule has 62 valence electrons. The first-order valence-corrected chi connectivity index (χ1v) is 3.51. The van der Waals surface area contributed by atoms with E-state index < -0.39 is 5.54 Å². The van der Waals surface area contributed by atoms with Gasteiger partial charge in [-0.25, -0.2) is 0 Å². The maximum absolute atomic E-state index is 8.83. The van der Waals surface area contributed by atoms with Gasteiger partial charge in [-0.15, -0.1) is 0 Å². The smallest absolute Gasteiger partial charge is 0.0626 e. The predicted octanol–water partition coefficient (Wildman–Crippen LogP) is -0.407. The minimum absolute atomic E-state index is 0.0349. The van der Waals surface area contributed by atoms with E-state index in [2.05, 4.69) is 5.10 Å². The van der Waals surface area contributed by atoms with Crippen molar-refractivity contribution in [1.29, 1.82) is 0 Å². The van der Waals surface area contributed by atoms with Crippen molar-refractivity contribution < 1.29 is 5.11 Å². The van der Waals surface area contributed by atoms with Gasteiger partial charge in [0.2, 0.25) is 0 Å². The first kappa shape index (κ1) is 8.23. The predicted molar refractivity (Wildman–Crippen MR) is 41.9 cm³/mol. The van der Waals surface area contributed by atoms with Gasteiger partial charge in [-0.1, -0.05) is 0 Å². The lowest BCUT2D eigenvalue weighted by Gasteiger charge is -2.20. The molecule has 1 unspecified atom stereocenters. The van der Waals surface area contributed by atoms with Crippen LogP contribution in [0.3, 0.4) is 0 Å². The fourth-order valence-electron chi connectivity index (χ4n) is 0.814. The molecule has 1 heterocycles. The average Bonchev–Trinajstić information content (AvgIpc) is 2.39. The molecule has 0 radical (unpaired) electrons. The standard InChI is InChI=1S/C7H13N3O/c1-7(8,6-11)5-10-4-2-3-9-10/h2-4,11H,5-6,8H2,1H3. The minimum Gasteiger partial charge on any atom is -0.394 e. The number of hydrogen-bond acceptors (Lipinski definition) is 3. The van der Waals surface area contributed by atoms with Gasteiger partial charge in [0, 0.05) is 12.4 Å². The fraction of sp³-hybridized carbons (Fsp3) is 0.571. The van der Waals surface area contributed by atoms with E-state index in [1.807, 2.05) is 12.3 Å². The number of aliphatic hydroxyl groups excluding tert-OH is 1. The van der Waals surface area contributed by atoms with Crippen LogP contribution >= 0.6 is 0 Å². The molecule has 0 saturated heterocycles. The summed E-state index contributed by atoms with van der Waals surface area (Å²) in [5, 5.41) is 12.8. The molecule has 4 nitrogen and oxygen atoms in total. The zero-order valence-electron chi connectivity index (χ0n) is 6.57. The third-order valence-electron chi connectivity index (χ3n) is 1.44. The third kappa shape index (κ3) is 2.32. The monoisotopic (exact) mass is 155 g/mol. The molecule has 0 aliphatic rings. The van der Waals surface area contributed by atoms with Gasteiger partial charge in [-0.2, -0.15) is 5.10 Å². The van der Waals surface area contributed by atoms with Gasteiger partial charge in [0.15, 0.2) is 0 Å². The second-order valence-corrected chi connectivity index (χ2v) is 3.02. The van der Waals surface area contributed by atoms with E-state index in [1.165, 1.54) is 0 Å². The van der Waals surface area contributed by atoms with Crippen LogP contribution in [0.15, 0.2) is 18.5 Å². The molecule has 0 aromatic carbocycles. The van der Waals surface area contributed by atoms with Gasteiger partial charge in [0.05, 0.1) is 18.7 Å². The highest BCUT2D eigenvalue weighted by atomic mass is 16.3. The molecule has 0 saturated carbocycles. The Morgan fingerprint density at radius 3 is 2.91 bits per heavy atom. The van der Waals surface area contributed by atoms with Crippen molar-refractivity contribution in [3.8, 4) is 0 Å². The molecule has 3 N–H and O–H groups in total. The lowest BCUT2D eigenvalue weighted by Crippen LogP contribution is -2.44. The van der Waals surface area contributed by atoms with Crippen molar-refractivity contribution in [3.63, 3.8) is 0 Å². The summed E-state index contributed by atoms with van der Waals surface area (Å²) in [5.41, 5.74) is 5.12. The molecule has 0 fully saturated rings. The van der Waals surface area contributed by atoms with Gasteiger partial charge in [0.1, 0.15) is 0 Å². The van der Waals surface area contributed by atoms with Crippen LogP contribution in [0.2, 0.25) is 0 Å². The maximum atomic E-state index is 8.83. The van der Waals surface area contributed by atoms with E-state index in [0.29, 0.717) is 6.54 Å². The molecule has 4 heteroatoms. The second-order valence-electron chi connectivity index (χ2n) is 3.02.